The average Bonchev–Trinajstić information content (AvgIpc) is 2.93. The number of aryl methyl sites for hydroxylation is 1. The third kappa shape index (κ3) is 3.59. The van der Waals surface area contributed by atoms with Gasteiger partial charge in [0, 0.05) is 20.1 Å². The van der Waals surface area contributed by atoms with Crippen molar-refractivity contribution in [2.45, 2.75) is 35.7 Å². The first-order valence-electron chi connectivity index (χ1n) is 6.91. The Hall–Kier alpha value is -1.48. The molecule has 0 radical (unpaired) electrons. The maximum atomic E-state index is 4.58. The highest BCUT2D eigenvalue weighted by Gasteiger charge is 2.17. The van der Waals surface area contributed by atoms with Crippen LogP contribution in [0.3, 0.4) is 0 Å². The summed E-state index contributed by atoms with van der Waals surface area (Å²) in [6.45, 7) is 3.90. The van der Waals surface area contributed by atoms with Gasteiger partial charge in [-0.3, -0.25) is 0 Å². The van der Waals surface area contributed by atoms with Crippen LogP contribution in [-0.2, 0) is 0 Å². The van der Waals surface area contributed by atoms with E-state index < -0.39 is 0 Å². The summed E-state index contributed by atoms with van der Waals surface area (Å²) >= 11 is 2.80. The van der Waals surface area contributed by atoms with Gasteiger partial charge in [0.25, 0.3) is 0 Å². The molecule has 2 aromatic heterocycles. The summed E-state index contributed by atoms with van der Waals surface area (Å²) in [6.07, 6.45) is 3.67. The molecule has 1 fully saturated rings. The van der Waals surface area contributed by atoms with E-state index in [1.165, 1.54) is 42.6 Å². The van der Waals surface area contributed by atoms with Crippen LogP contribution in [0.5, 0.6) is 0 Å². The zero-order valence-electron chi connectivity index (χ0n) is 12.0. The quantitative estimate of drug-likeness (QED) is 0.917. The van der Waals surface area contributed by atoms with E-state index in [1.807, 2.05) is 14.0 Å². The van der Waals surface area contributed by atoms with Gasteiger partial charge in [-0.25, -0.2) is 4.98 Å². The first kappa shape index (κ1) is 14.5. The van der Waals surface area contributed by atoms with Crippen molar-refractivity contribution in [2.75, 3.05) is 30.4 Å². The van der Waals surface area contributed by atoms with Crippen LogP contribution >= 0.6 is 23.3 Å². The second-order valence-electron chi connectivity index (χ2n) is 4.75. The van der Waals surface area contributed by atoms with Gasteiger partial charge < -0.3 is 10.2 Å². The van der Waals surface area contributed by atoms with Crippen LogP contribution in [0.4, 0.5) is 11.9 Å². The van der Waals surface area contributed by atoms with Crippen molar-refractivity contribution >= 4 is 35.2 Å². The maximum absolute atomic E-state index is 4.58. The maximum Gasteiger partial charge on any atom is 0.231 e. The van der Waals surface area contributed by atoms with Gasteiger partial charge in [0.1, 0.15) is 5.82 Å². The predicted octanol–water partition coefficient (Wildman–Crippen LogP) is 2.21. The van der Waals surface area contributed by atoms with Crippen LogP contribution in [0.15, 0.2) is 9.50 Å². The third-order valence-corrected chi connectivity index (χ3v) is 4.86. The summed E-state index contributed by atoms with van der Waals surface area (Å²) in [5, 5.41) is 3.66. The number of hydrogen-bond acceptors (Lipinski definition) is 9. The van der Waals surface area contributed by atoms with Crippen molar-refractivity contribution in [3.8, 4) is 0 Å². The van der Waals surface area contributed by atoms with Crippen LogP contribution in [0, 0.1) is 6.92 Å². The molecule has 21 heavy (non-hydrogen) atoms. The average molecular weight is 323 g/mol. The minimum absolute atomic E-state index is 0.592. The highest BCUT2D eigenvalue weighted by atomic mass is 32.2. The van der Waals surface area contributed by atoms with E-state index in [9.17, 15) is 0 Å². The lowest BCUT2D eigenvalue weighted by Gasteiger charge is -2.26. The fourth-order valence-electron chi connectivity index (χ4n) is 2.14. The van der Waals surface area contributed by atoms with E-state index in [4.69, 9.17) is 0 Å². The molecule has 1 N–H and O–H groups in total. The van der Waals surface area contributed by atoms with Gasteiger partial charge in [0.05, 0.1) is 0 Å². The van der Waals surface area contributed by atoms with Crippen LogP contribution in [0.25, 0.3) is 0 Å². The molecule has 0 spiro atoms. The van der Waals surface area contributed by atoms with Gasteiger partial charge in [-0.1, -0.05) is 0 Å². The van der Waals surface area contributed by atoms with Gasteiger partial charge in [-0.05, 0) is 49.5 Å². The summed E-state index contributed by atoms with van der Waals surface area (Å²) in [5.41, 5.74) is 0. The first-order chi connectivity index (χ1) is 10.2. The summed E-state index contributed by atoms with van der Waals surface area (Å²) in [4.78, 5) is 20.0. The fourth-order valence-corrected chi connectivity index (χ4v) is 3.64. The molecule has 0 aliphatic carbocycles. The van der Waals surface area contributed by atoms with E-state index in [1.54, 1.807) is 0 Å². The van der Waals surface area contributed by atoms with Crippen molar-refractivity contribution in [1.82, 2.24) is 24.3 Å². The topological polar surface area (TPSA) is 79.7 Å². The number of anilines is 2. The number of rotatable bonds is 4. The number of nitrogens with one attached hydrogen (secondary N) is 1. The molecule has 2 aromatic rings. The molecule has 0 amide bonds. The summed E-state index contributed by atoms with van der Waals surface area (Å²) in [5.74, 6) is 2.12. The van der Waals surface area contributed by atoms with Crippen molar-refractivity contribution in [3.63, 3.8) is 0 Å². The Balaban J connectivity index is 1.85. The molecule has 9 heteroatoms. The third-order valence-electron chi connectivity index (χ3n) is 3.15. The van der Waals surface area contributed by atoms with E-state index >= 15 is 0 Å². The zero-order valence-corrected chi connectivity index (χ0v) is 13.7. The Morgan fingerprint density at radius 3 is 2.57 bits per heavy atom. The van der Waals surface area contributed by atoms with E-state index in [2.05, 4.69) is 34.5 Å². The normalized spacial score (nSPS) is 15.2. The Kier molecular flexibility index (Phi) is 4.49. The number of piperidine rings is 1. The molecule has 0 bridgehead atoms. The second-order valence-corrected chi connectivity index (χ2v) is 6.72. The molecule has 7 nitrogen and oxygen atoms in total. The summed E-state index contributed by atoms with van der Waals surface area (Å²) in [7, 11) is 1.82. The van der Waals surface area contributed by atoms with Crippen LogP contribution in [0.2, 0.25) is 0 Å². The molecule has 0 aromatic carbocycles. The SMILES string of the molecule is CNc1nc(Sc2nc(C)ns2)nc(N2CCCCC2)n1. The molecule has 0 saturated carbocycles. The van der Waals surface area contributed by atoms with Crippen molar-refractivity contribution in [3.05, 3.63) is 5.82 Å². The fraction of sp³-hybridized carbons (Fsp3) is 0.583. The Morgan fingerprint density at radius 2 is 1.90 bits per heavy atom. The summed E-state index contributed by atoms with van der Waals surface area (Å²) in [6, 6.07) is 0. The predicted molar refractivity (Wildman–Crippen MR) is 84.2 cm³/mol. The molecular weight excluding hydrogens is 306 g/mol. The lowest BCUT2D eigenvalue weighted by atomic mass is 10.1. The van der Waals surface area contributed by atoms with Crippen LogP contribution in [0.1, 0.15) is 25.1 Å². The molecule has 3 heterocycles. The Labute approximate surface area is 131 Å². The molecular formula is C12H17N7S2. The monoisotopic (exact) mass is 323 g/mol. The van der Waals surface area contributed by atoms with Crippen LogP contribution in [-0.4, -0.2) is 44.4 Å². The van der Waals surface area contributed by atoms with Gasteiger partial charge in [0.15, 0.2) is 4.34 Å². The van der Waals surface area contributed by atoms with E-state index in [-0.39, 0.29) is 0 Å². The largest absolute Gasteiger partial charge is 0.357 e. The van der Waals surface area contributed by atoms with E-state index in [0.717, 1.165) is 29.2 Å². The standard InChI is InChI=1S/C12H17N7S2/c1-8-14-12(21-18-8)20-11-16-9(13-2)15-10(17-11)19-6-4-3-5-7-19/h3-7H2,1-2H3,(H,13,15,16,17). The molecule has 1 saturated heterocycles. The zero-order chi connectivity index (χ0) is 14.7. The smallest absolute Gasteiger partial charge is 0.231 e. The Bertz CT molecular complexity index is 609. The van der Waals surface area contributed by atoms with Gasteiger partial charge in [-0.15, -0.1) is 0 Å². The Morgan fingerprint density at radius 1 is 1.10 bits per heavy atom. The van der Waals surface area contributed by atoms with Gasteiger partial charge >= 0.3 is 0 Å². The molecule has 112 valence electrons. The molecule has 0 unspecified atom stereocenters. The first-order valence-corrected chi connectivity index (χ1v) is 8.50. The number of hydrogen-bond donors (Lipinski definition) is 1. The van der Waals surface area contributed by atoms with E-state index in [0.29, 0.717) is 11.1 Å². The molecule has 1 aliphatic heterocycles. The highest BCUT2D eigenvalue weighted by Crippen LogP contribution is 2.28. The second kappa shape index (κ2) is 6.52. The minimum Gasteiger partial charge on any atom is -0.357 e. The molecule has 3 rings (SSSR count). The number of nitrogens with zero attached hydrogens (tertiary/aromatic N) is 6. The van der Waals surface area contributed by atoms with Crippen molar-refractivity contribution in [1.29, 1.82) is 0 Å². The lowest BCUT2D eigenvalue weighted by molar-refractivity contribution is 0.565. The van der Waals surface area contributed by atoms with Gasteiger partial charge in [0.2, 0.25) is 17.1 Å². The van der Waals surface area contributed by atoms with Gasteiger partial charge in [-0.2, -0.15) is 19.3 Å². The highest BCUT2D eigenvalue weighted by molar-refractivity contribution is 8.00. The summed E-state index contributed by atoms with van der Waals surface area (Å²) < 4.78 is 5.03. The van der Waals surface area contributed by atoms with Crippen molar-refractivity contribution < 1.29 is 0 Å². The molecule has 1 aliphatic rings. The van der Waals surface area contributed by atoms with Crippen LogP contribution < -0.4 is 10.2 Å². The molecule has 0 atom stereocenters. The number of aromatic nitrogens is 5. The minimum atomic E-state index is 0.592. The van der Waals surface area contributed by atoms with Crippen molar-refractivity contribution in [2.24, 2.45) is 0 Å². The lowest BCUT2D eigenvalue weighted by Crippen LogP contribution is -2.31.